The van der Waals surface area contributed by atoms with E-state index in [1.54, 1.807) is 12.3 Å². The molecule has 1 heterocycles. The van der Waals surface area contributed by atoms with Crippen molar-refractivity contribution in [1.82, 2.24) is 4.98 Å². The topological polar surface area (TPSA) is 22.1 Å². The van der Waals surface area contributed by atoms with Crippen LogP contribution in [0.25, 0.3) is 0 Å². The van der Waals surface area contributed by atoms with Crippen LogP contribution in [0.2, 0.25) is 5.02 Å². The number of rotatable bonds is 1. The third kappa shape index (κ3) is 2.91. The van der Waals surface area contributed by atoms with Gasteiger partial charge in [0.1, 0.15) is 5.02 Å². The monoisotopic (exact) mass is 259 g/mol. The van der Waals surface area contributed by atoms with E-state index in [0.717, 1.165) is 5.56 Å². The van der Waals surface area contributed by atoms with Crippen molar-refractivity contribution in [3.05, 3.63) is 22.8 Å². The van der Waals surface area contributed by atoms with Crippen molar-refractivity contribution in [1.29, 1.82) is 0 Å². The number of alkyl halides is 1. The highest BCUT2D eigenvalue weighted by Crippen LogP contribution is 2.21. The van der Waals surface area contributed by atoms with E-state index in [2.05, 4.69) is 32.8 Å². The smallest absolute Gasteiger partial charge is 0.232 e. The molecule has 0 saturated heterocycles. The van der Waals surface area contributed by atoms with Crippen molar-refractivity contribution < 1.29 is 4.74 Å². The first kappa shape index (κ1) is 10.4. The van der Waals surface area contributed by atoms with E-state index < -0.39 is 0 Å². The lowest BCUT2D eigenvalue weighted by Crippen LogP contribution is -1.89. The van der Waals surface area contributed by atoms with E-state index in [1.165, 1.54) is 7.11 Å². The average Bonchev–Trinajstić information content (AvgIpc) is 2.15. The normalized spacial score (nSPS) is 8.85. The fourth-order valence-corrected chi connectivity index (χ4v) is 1.16. The molecule has 0 saturated carbocycles. The largest absolute Gasteiger partial charge is 0.480 e. The molecule has 0 spiro atoms. The van der Waals surface area contributed by atoms with Crippen molar-refractivity contribution in [3.8, 4) is 17.7 Å². The summed E-state index contributed by atoms with van der Waals surface area (Å²) >= 11 is 9.04. The average molecular weight is 261 g/mol. The summed E-state index contributed by atoms with van der Waals surface area (Å²) in [5.74, 6) is 6.17. The number of ether oxygens (including phenoxy) is 1. The van der Waals surface area contributed by atoms with Gasteiger partial charge in [-0.2, -0.15) is 0 Å². The third-order valence-electron chi connectivity index (χ3n) is 1.30. The number of methoxy groups -OCH3 is 1. The first-order valence-electron chi connectivity index (χ1n) is 3.52. The Morgan fingerprint density at radius 1 is 1.69 bits per heavy atom. The molecule has 0 N–H and O–H groups in total. The van der Waals surface area contributed by atoms with Gasteiger partial charge in [-0.25, -0.2) is 4.98 Å². The van der Waals surface area contributed by atoms with Crippen LogP contribution in [0.3, 0.4) is 0 Å². The second-order valence-electron chi connectivity index (χ2n) is 2.15. The van der Waals surface area contributed by atoms with Gasteiger partial charge in [-0.3, -0.25) is 0 Å². The summed E-state index contributed by atoms with van der Waals surface area (Å²) in [6, 6.07) is 1.73. The molecule has 4 heteroatoms. The molecule has 1 aromatic heterocycles. The summed E-state index contributed by atoms with van der Waals surface area (Å²) in [7, 11) is 1.53. The van der Waals surface area contributed by atoms with Gasteiger partial charge in [0.25, 0.3) is 0 Å². The Balaban J connectivity index is 2.96. The lowest BCUT2D eigenvalue weighted by atomic mass is 10.3. The predicted octanol–water partition coefficient (Wildman–Crippen LogP) is 2.49. The number of hydrogen-bond donors (Lipinski definition) is 0. The molecule has 0 amide bonds. The van der Waals surface area contributed by atoms with Crippen LogP contribution >= 0.6 is 27.5 Å². The van der Waals surface area contributed by atoms with E-state index in [1.807, 2.05) is 0 Å². The van der Waals surface area contributed by atoms with Crippen LogP contribution in [-0.2, 0) is 0 Å². The van der Waals surface area contributed by atoms with Gasteiger partial charge in [0.15, 0.2) is 0 Å². The van der Waals surface area contributed by atoms with Gasteiger partial charge in [0, 0.05) is 11.8 Å². The Hall–Kier alpha value is -0.720. The zero-order valence-corrected chi connectivity index (χ0v) is 9.32. The molecular weight excluding hydrogens is 253 g/mol. The van der Waals surface area contributed by atoms with Gasteiger partial charge < -0.3 is 4.74 Å². The number of hydrogen-bond acceptors (Lipinski definition) is 2. The Kier molecular flexibility index (Phi) is 4.07. The quantitative estimate of drug-likeness (QED) is 0.572. The highest BCUT2D eigenvalue weighted by atomic mass is 79.9. The van der Waals surface area contributed by atoms with E-state index in [9.17, 15) is 0 Å². The van der Waals surface area contributed by atoms with Crippen LogP contribution in [0.5, 0.6) is 5.88 Å². The van der Waals surface area contributed by atoms with Gasteiger partial charge in [-0.15, -0.1) is 0 Å². The Labute approximate surface area is 90.4 Å². The molecule has 2 nitrogen and oxygen atoms in total. The van der Waals surface area contributed by atoms with Gasteiger partial charge in [0.2, 0.25) is 5.88 Å². The lowest BCUT2D eigenvalue weighted by Gasteiger charge is -2.00. The summed E-state index contributed by atoms with van der Waals surface area (Å²) < 4.78 is 4.90. The zero-order valence-electron chi connectivity index (χ0n) is 6.97. The van der Waals surface area contributed by atoms with Crippen LogP contribution in [0.4, 0.5) is 0 Å². The summed E-state index contributed by atoms with van der Waals surface area (Å²) in [5.41, 5.74) is 0.783. The molecule has 0 fully saturated rings. The molecule has 13 heavy (non-hydrogen) atoms. The maximum atomic E-state index is 5.84. The third-order valence-corrected chi connectivity index (χ3v) is 1.85. The predicted molar refractivity (Wildman–Crippen MR) is 56.5 cm³/mol. The van der Waals surface area contributed by atoms with Crippen molar-refractivity contribution in [2.45, 2.75) is 0 Å². The summed E-state index contributed by atoms with van der Waals surface area (Å²) in [5, 5.41) is 1.11. The van der Waals surface area contributed by atoms with Crippen molar-refractivity contribution in [2.24, 2.45) is 0 Å². The van der Waals surface area contributed by atoms with E-state index in [-0.39, 0.29) is 0 Å². The van der Waals surface area contributed by atoms with E-state index >= 15 is 0 Å². The molecule has 0 bridgehead atoms. The minimum Gasteiger partial charge on any atom is -0.480 e. The molecule has 0 unspecified atom stereocenters. The van der Waals surface area contributed by atoms with Crippen LogP contribution in [0.15, 0.2) is 12.3 Å². The standard InChI is InChI=1S/C9H7BrClNO/c1-13-9-8(11)5-7(6-12-9)3-2-4-10/h5-6H,4H2,1H3. The Morgan fingerprint density at radius 2 is 2.46 bits per heavy atom. The molecule has 1 rings (SSSR count). The number of nitrogens with zero attached hydrogens (tertiary/aromatic N) is 1. The fourth-order valence-electron chi connectivity index (χ4n) is 0.779. The van der Waals surface area contributed by atoms with Crippen molar-refractivity contribution in [2.75, 3.05) is 12.4 Å². The second kappa shape index (κ2) is 5.11. The minimum atomic E-state index is 0.422. The first-order valence-corrected chi connectivity index (χ1v) is 5.02. The molecule has 1 aromatic rings. The molecule has 0 aliphatic rings. The molecule has 0 aliphatic heterocycles. The number of aromatic nitrogens is 1. The number of halogens is 2. The molecule has 68 valence electrons. The van der Waals surface area contributed by atoms with Gasteiger partial charge in [-0.05, 0) is 6.07 Å². The minimum absolute atomic E-state index is 0.422. The second-order valence-corrected chi connectivity index (χ2v) is 3.12. The van der Waals surface area contributed by atoms with Crippen molar-refractivity contribution in [3.63, 3.8) is 0 Å². The van der Waals surface area contributed by atoms with Gasteiger partial charge in [-0.1, -0.05) is 39.4 Å². The zero-order chi connectivity index (χ0) is 9.68. The van der Waals surface area contributed by atoms with Gasteiger partial charge >= 0.3 is 0 Å². The summed E-state index contributed by atoms with van der Waals surface area (Å²) in [6.45, 7) is 0. The van der Waals surface area contributed by atoms with Crippen LogP contribution in [0, 0.1) is 11.8 Å². The molecule has 0 aromatic carbocycles. The van der Waals surface area contributed by atoms with Crippen LogP contribution in [-0.4, -0.2) is 17.4 Å². The fraction of sp³-hybridized carbons (Fsp3) is 0.222. The molecule has 0 atom stereocenters. The van der Waals surface area contributed by atoms with Gasteiger partial charge in [0.05, 0.1) is 12.4 Å². The highest BCUT2D eigenvalue weighted by molar-refractivity contribution is 9.09. The van der Waals surface area contributed by atoms with E-state index in [0.29, 0.717) is 16.2 Å². The maximum absolute atomic E-state index is 5.84. The van der Waals surface area contributed by atoms with E-state index in [4.69, 9.17) is 16.3 Å². The van der Waals surface area contributed by atoms with Crippen molar-refractivity contribution >= 4 is 27.5 Å². The molecular formula is C9H7BrClNO. The summed E-state index contributed by atoms with van der Waals surface area (Å²) in [6.07, 6.45) is 1.63. The maximum Gasteiger partial charge on any atom is 0.232 e. The SMILES string of the molecule is COc1ncc(C#CCBr)cc1Cl. The number of pyridine rings is 1. The molecule has 0 radical (unpaired) electrons. The summed E-state index contributed by atoms with van der Waals surface area (Å²) in [4.78, 5) is 3.98. The molecule has 0 aliphatic carbocycles. The lowest BCUT2D eigenvalue weighted by molar-refractivity contribution is 0.398. The van der Waals surface area contributed by atoms with Crippen LogP contribution in [0.1, 0.15) is 5.56 Å². The van der Waals surface area contributed by atoms with Crippen LogP contribution < -0.4 is 4.74 Å². The Morgan fingerprint density at radius 3 is 3.00 bits per heavy atom. The first-order chi connectivity index (χ1) is 6.27. The Bertz CT molecular complexity index is 356. The highest BCUT2D eigenvalue weighted by Gasteiger charge is 2.00.